The Balaban J connectivity index is -0.000000480. The number of imide groups is 1. The fraction of sp³-hybridized carbons (Fsp3) is 0.410. The second-order valence-corrected chi connectivity index (χ2v) is 10.7. The van der Waals surface area contributed by atoms with Crippen LogP contribution >= 0.6 is 11.6 Å². The molecule has 0 spiro atoms. The number of methoxy groups -OCH3 is 1. The SMILES string of the molecule is C.C.C.C.C.C.CCC(CC(c1ccc(O)cc1)C1C(=O)N(c2ccc(O)cc2)C(=O)C1C)C(F)(F)F.COc1ccc(/C=C/C(=O)Cl)cc1. The van der Waals surface area contributed by atoms with Crippen LogP contribution in [0.4, 0.5) is 18.9 Å². The van der Waals surface area contributed by atoms with Crippen LogP contribution in [0, 0.1) is 17.8 Å². The molecular formula is C39H57ClF3NO6. The molecule has 0 radical (unpaired) electrons. The van der Waals surface area contributed by atoms with Crippen LogP contribution in [-0.2, 0) is 14.4 Å². The molecule has 4 rings (SSSR count). The van der Waals surface area contributed by atoms with Gasteiger partial charge in [-0.25, -0.2) is 0 Å². The Morgan fingerprint density at radius 1 is 0.860 bits per heavy atom. The van der Waals surface area contributed by atoms with Gasteiger partial charge in [-0.05, 0) is 96.1 Å². The first-order chi connectivity index (χ1) is 20.8. The third-order valence-corrected chi connectivity index (χ3v) is 7.66. The van der Waals surface area contributed by atoms with Gasteiger partial charge in [-0.3, -0.25) is 19.3 Å². The van der Waals surface area contributed by atoms with Gasteiger partial charge in [0.05, 0.1) is 24.6 Å². The molecule has 0 aliphatic carbocycles. The highest BCUT2D eigenvalue weighted by atomic mass is 35.5. The van der Waals surface area contributed by atoms with E-state index in [9.17, 15) is 37.8 Å². The van der Waals surface area contributed by atoms with E-state index in [1.807, 2.05) is 24.3 Å². The van der Waals surface area contributed by atoms with Crippen LogP contribution in [0.25, 0.3) is 6.08 Å². The minimum Gasteiger partial charge on any atom is -0.508 e. The van der Waals surface area contributed by atoms with Crippen molar-refractivity contribution in [3.8, 4) is 17.2 Å². The fourth-order valence-electron chi connectivity index (χ4n) is 5.13. The van der Waals surface area contributed by atoms with Crippen LogP contribution in [0.5, 0.6) is 17.2 Å². The summed E-state index contributed by atoms with van der Waals surface area (Å²) >= 11 is 5.14. The molecule has 1 saturated heterocycles. The summed E-state index contributed by atoms with van der Waals surface area (Å²) < 4.78 is 45.7. The van der Waals surface area contributed by atoms with Crippen LogP contribution in [0.3, 0.4) is 0 Å². The number of allylic oxidation sites excluding steroid dienone is 1. The van der Waals surface area contributed by atoms with Gasteiger partial charge in [-0.1, -0.05) is 88.7 Å². The molecule has 4 unspecified atom stereocenters. The second-order valence-electron chi connectivity index (χ2n) is 10.3. The van der Waals surface area contributed by atoms with Crippen LogP contribution in [0.15, 0.2) is 78.9 Å². The highest BCUT2D eigenvalue weighted by molar-refractivity contribution is 6.66. The molecule has 2 amide bonds. The van der Waals surface area contributed by atoms with Crippen LogP contribution in [-0.4, -0.2) is 40.6 Å². The maximum absolute atomic E-state index is 13.6. The summed E-state index contributed by atoms with van der Waals surface area (Å²) in [5, 5.41) is 18.6. The van der Waals surface area contributed by atoms with Crippen molar-refractivity contribution in [2.24, 2.45) is 17.8 Å². The number of phenols is 2. The molecule has 1 fully saturated rings. The topological polar surface area (TPSA) is 104 Å². The Morgan fingerprint density at radius 2 is 1.34 bits per heavy atom. The van der Waals surface area contributed by atoms with Crippen molar-refractivity contribution < 1.29 is 42.5 Å². The van der Waals surface area contributed by atoms with Gasteiger partial charge in [0.15, 0.2) is 0 Å². The third-order valence-electron chi connectivity index (χ3n) is 7.53. The Kier molecular flexibility index (Phi) is 24.3. The number of anilines is 1. The lowest BCUT2D eigenvalue weighted by Crippen LogP contribution is -2.33. The number of rotatable bonds is 9. The molecule has 50 heavy (non-hydrogen) atoms. The number of halogens is 4. The number of benzene rings is 3. The van der Waals surface area contributed by atoms with Crippen molar-refractivity contribution in [1.82, 2.24) is 0 Å². The van der Waals surface area contributed by atoms with Gasteiger partial charge in [-0.2, -0.15) is 13.2 Å². The first-order valence-corrected chi connectivity index (χ1v) is 14.2. The lowest BCUT2D eigenvalue weighted by atomic mass is 9.74. The van der Waals surface area contributed by atoms with E-state index >= 15 is 0 Å². The second kappa shape index (κ2) is 23.2. The zero-order chi connectivity index (χ0) is 32.6. The molecule has 2 N–H and O–H groups in total. The Labute approximate surface area is 302 Å². The minimum absolute atomic E-state index is 0. The fourth-order valence-corrected chi connectivity index (χ4v) is 5.20. The van der Waals surface area contributed by atoms with Crippen molar-refractivity contribution in [3.63, 3.8) is 0 Å². The summed E-state index contributed by atoms with van der Waals surface area (Å²) in [4.78, 5) is 37.6. The van der Waals surface area contributed by atoms with Crippen molar-refractivity contribution in [1.29, 1.82) is 0 Å². The van der Waals surface area contributed by atoms with Gasteiger partial charge >= 0.3 is 6.18 Å². The number of aromatic hydroxyl groups is 2. The van der Waals surface area contributed by atoms with Crippen LogP contribution < -0.4 is 9.64 Å². The summed E-state index contributed by atoms with van der Waals surface area (Å²) in [6.07, 6.45) is -1.97. The van der Waals surface area contributed by atoms with E-state index < -0.39 is 46.9 Å². The maximum atomic E-state index is 13.6. The van der Waals surface area contributed by atoms with E-state index in [0.717, 1.165) is 16.2 Å². The lowest BCUT2D eigenvalue weighted by molar-refractivity contribution is -0.179. The minimum atomic E-state index is -4.44. The first-order valence-electron chi connectivity index (χ1n) is 13.8. The van der Waals surface area contributed by atoms with Crippen molar-refractivity contribution in [2.75, 3.05) is 12.0 Å². The number of alkyl halides is 3. The number of hydrogen-bond donors (Lipinski definition) is 2. The molecule has 7 nitrogen and oxygen atoms in total. The van der Waals surface area contributed by atoms with E-state index in [1.54, 1.807) is 20.1 Å². The molecule has 4 atom stereocenters. The maximum Gasteiger partial charge on any atom is 0.391 e. The average molecular weight is 728 g/mol. The average Bonchev–Trinajstić information content (AvgIpc) is 3.20. The highest BCUT2D eigenvalue weighted by Crippen LogP contribution is 2.46. The molecule has 0 aromatic heterocycles. The summed E-state index contributed by atoms with van der Waals surface area (Å²) in [6.45, 7) is 2.99. The molecule has 1 heterocycles. The number of carbonyl (C=O) groups excluding carboxylic acids is 3. The standard InChI is InChI=1S/C23H24F3NO4.C10H9ClO2.6CH4/c1-3-15(23(24,25)26)12-19(14-4-8-17(28)9-5-14)20-13(2)21(30)27(22(20)31)16-6-10-18(29)11-7-16;1-13-9-5-2-8(3-6-9)4-7-10(11)12;;;;;;/h4-11,13,15,19-20,28-29H,3,12H2,1-2H3;2-7H,1H3;6*1H4/b;7-4+;;;;;;. The quantitative estimate of drug-likeness (QED) is 0.129. The third kappa shape index (κ3) is 13.5. The molecule has 1 aliphatic heterocycles. The predicted octanol–water partition coefficient (Wildman–Crippen LogP) is 11.3. The molecule has 0 saturated carbocycles. The molecular weight excluding hydrogens is 671 g/mol. The van der Waals surface area contributed by atoms with E-state index in [0.29, 0.717) is 5.56 Å². The van der Waals surface area contributed by atoms with Gasteiger partial charge < -0.3 is 14.9 Å². The van der Waals surface area contributed by atoms with Gasteiger partial charge in [0.1, 0.15) is 17.2 Å². The van der Waals surface area contributed by atoms with Crippen molar-refractivity contribution in [2.45, 2.75) is 83.3 Å². The number of ether oxygens (including phenoxy) is 1. The van der Waals surface area contributed by atoms with E-state index in [-0.39, 0.29) is 74.6 Å². The van der Waals surface area contributed by atoms with Gasteiger partial charge in [0.25, 0.3) is 0 Å². The monoisotopic (exact) mass is 727 g/mol. The zero-order valence-corrected chi connectivity index (χ0v) is 25.0. The first kappa shape index (κ1) is 52.5. The van der Waals surface area contributed by atoms with Gasteiger partial charge in [0, 0.05) is 5.92 Å². The number of carbonyl (C=O) groups is 3. The number of amides is 2. The number of nitrogens with zero attached hydrogens (tertiary/aromatic N) is 1. The predicted molar refractivity (Wildman–Crippen MR) is 202 cm³/mol. The van der Waals surface area contributed by atoms with E-state index in [1.165, 1.54) is 61.5 Å². The summed E-state index contributed by atoms with van der Waals surface area (Å²) in [5.74, 6) is -4.67. The van der Waals surface area contributed by atoms with Crippen LogP contribution in [0.1, 0.15) is 88.3 Å². The largest absolute Gasteiger partial charge is 0.508 e. The Hall–Kier alpha value is -4.31. The van der Waals surface area contributed by atoms with Gasteiger partial charge in [-0.15, -0.1) is 0 Å². The Bertz CT molecular complexity index is 1460. The molecule has 3 aromatic carbocycles. The Morgan fingerprint density at radius 3 is 1.76 bits per heavy atom. The highest BCUT2D eigenvalue weighted by Gasteiger charge is 2.51. The number of phenolic OH excluding ortho intramolecular Hbond substituents is 2. The van der Waals surface area contributed by atoms with Crippen LogP contribution in [0.2, 0.25) is 0 Å². The molecule has 3 aromatic rings. The molecule has 282 valence electrons. The smallest absolute Gasteiger partial charge is 0.391 e. The molecule has 1 aliphatic rings. The van der Waals surface area contributed by atoms with Crippen molar-refractivity contribution >= 4 is 40.4 Å². The summed E-state index contributed by atoms with van der Waals surface area (Å²) in [7, 11) is 1.60. The molecule has 11 heteroatoms. The lowest BCUT2D eigenvalue weighted by Gasteiger charge is -2.29. The van der Waals surface area contributed by atoms with E-state index in [4.69, 9.17) is 16.3 Å². The summed E-state index contributed by atoms with van der Waals surface area (Å²) in [5.41, 5.74) is 1.63. The number of hydrogen-bond acceptors (Lipinski definition) is 6. The molecule has 0 bridgehead atoms. The van der Waals surface area contributed by atoms with Gasteiger partial charge in [0.2, 0.25) is 17.1 Å². The van der Waals surface area contributed by atoms with Crippen molar-refractivity contribution in [3.05, 3.63) is 90.0 Å². The normalized spacial score (nSPS) is 15.9. The van der Waals surface area contributed by atoms with E-state index in [2.05, 4.69) is 0 Å². The zero-order valence-electron chi connectivity index (χ0n) is 24.3. The summed E-state index contributed by atoms with van der Waals surface area (Å²) in [6, 6.07) is 18.5.